The average molecular weight is 423 g/mol. The average Bonchev–Trinajstić information content (AvgIpc) is 3.53. The van der Waals surface area contributed by atoms with E-state index in [-0.39, 0.29) is 11.6 Å². The fourth-order valence-corrected chi connectivity index (χ4v) is 4.87. The molecule has 2 aliphatic heterocycles. The summed E-state index contributed by atoms with van der Waals surface area (Å²) >= 11 is 0. The van der Waals surface area contributed by atoms with Crippen LogP contribution in [0.5, 0.6) is 0 Å². The van der Waals surface area contributed by atoms with E-state index in [1.807, 2.05) is 13.1 Å². The van der Waals surface area contributed by atoms with E-state index in [1.165, 1.54) is 12.1 Å². The summed E-state index contributed by atoms with van der Waals surface area (Å²) in [6.45, 7) is 3.38. The number of aromatic nitrogens is 6. The molecule has 5 heterocycles. The van der Waals surface area contributed by atoms with Crippen LogP contribution in [0.1, 0.15) is 44.3 Å². The largest absolute Gasteiger partial charge is 0.355 e. The normalized spacial score (nSPS) is 24.0. The van der Waals surface area contributed by atoms with Gasteiger partial charge in [-0.3, -0.25) is 13.8 Å². The van der Waals surface area contributed by atoms with Gasteiger partial charge in [-0.05, 0) is 57.4 Å². The van der Waals surface area contributed by atoms with Gasteiger partial charge in [0.05, 0.1) is 23.3 Å². The second-order valence-electron chi connectivity index (χ2n) is 8.42. The van der Waals surface area contributed by atoms with Crippen LogP contribution < -0.4 is 10.9 Å². The SMILES string of the molecule is CC1(n2c(=O)c3c(-n4cc(C5CCCN5)nn4)ncn3c3ccc(F)cc32)CCCO1. The van der Waals surface area contributed by atoms with E-state index >= 15 is 0 Å². The first-order valence-corrected chi connectivity index (χ1v) is 10.6. The summed E-state index contributed by atoms with van der Waals surface area (Å²) in [5, 5.41) is 11.9. The zero-order valence-electron chi connectivity index (χ0n) is 17.1. The quantitative estimate of drug-likeness (QED) is 0.544. The maximum absolute atomic E-state index is 14.2. The van der Waals surface area contributed by atoms with Gasteiger partial charge in [-0.1, -0.05) is 5.21 Å². The number of hydrogen-bond acceptors (Lipinski definition) is 6. The molecule has 0 saturated carbocycles. The summed E-state index contributed by atoms with van der Waals surface area (Å²) in [4.78, 5) is 18.3. The summed E-state index contributed by atoms with van der Waals surface area (Å²) < 4.78 is 24.9. The Labute approximate surface area is 176 Å². The second-order valence-corrected chi connectivity index (χ2v) is 8.42. The molecule has 2 atom stereocenters. The molecule has 2 fully saturated rings. The monoisotopic (exact) mass is 423 g/mol. The van der Waals surface area contributed by atoms with Crippen LogP contribution in [0.25, 0.3) is 22.4 Å². The van der Waals surface area contributed by atoms with Crippen LogP contribution in [0, 0.1) is 5.82 Å². The summed E-state index contributed by atoms with van der Waals surface area (Å²) in [6, 6.07) is 4.58. The second kappa shape index (κ2) is 6.69. The Balaban J connectivity index is 1.62. The molecule has 2 aliphatic rings. The number of hydrogen-bond donors (Lipinski definition) is 1. The minimum absolute atomic E-state index is 0.161. The zero-order valence-corrected chi connectivity index (χ0v) is 17.1. The molecule has 6 rings (SSSR count). The van der Waals surface area contributed by atoms with E-state index < -0.39 is 11.5 Å². The van der Waals surface area contributed by atoms with Gasteiger partial charge in [-0.2, -0.15) is 4.68 Å². The lowest BCUT2D eigenvalue weighted by molar-refractivity contribution is -0.0448. The number of rotatable bonds is 3. The number of benzene rings is 1. The van der Waals surface area contributed by atoms with Gasteiger partial charge in [0.2, 0.25) is 0 Å². The van der Waals surface area contributed by atoms with Gasteiger partial charge in [-0.25, -0.2) is 9.37 Å². The number of ether oxygens (including phenoxy) is 1. The molecule has 0 amide bonds. The fraction of sp³-hybridized carbons (Fsp3) is 0.429. The molecule has 4 aromatic rings. The van der Waals surface area contributed by atoms with Crippen LogP contribution >= 0.6 is 0 Å². The van der Waals surface area contributed by atoms with Crippen molar-refractivity contribution >= 4 is 16.6 Å². The molecule has 0 aliphatic carbocycles. The third-order valence-electron chi connectivity index (χ3n) is 6.41. The molecule has 0 bridgehead atoms. The molecular weight excluding hydrogens is 401 g/mol. The maximum atomic E-state index is 14.2. The van der Waals surface area contributed by atoms with E-state index in [0.717, 1.165) is 31.5 Å². The van der Waals surface area contributed by atoms with Crippen molar-refractivity contribution in [3.63, 3.8) is 0 Å². The number of nitrogens with one attached hydrogen (secondary N) is 1. The van der Waals surface area contributed by atoms with E-state index in [1.54, 1.807) is 26.0 Å². The first kappa shape index (κ1) is 18.6. The Bertz CT molecular complexity index is 1360. The lowest BCUT2D eigenvalue weighted by Crippen LogP contribution is -2.39. The summed E-state index contributed by atoms with van der Waals surface area (Å²) in [5.41, 5.74) is 1.17. The lowest BCUT2D eigenvalue weighted by Gasteiger charge is -2.28. The Kier molecular flexibility index (Phi) is 4.03. The molecule has 160 valence electrons. The van der Waals surface area contributed by atoms with Gasteiger partial charge in [0.1, 0.15) is 23.6 Å². The van der Waals surface area contributed by atoms with Crippen LogP contribution in [0.15, 0.2) is 35.5 Å². The van der Waals surface area contributed by atoms with Crippen molar-refractivity contribution in [2.45, 2.75) is 44.4 Å². The molecule has 1 N–H and O–H groups in total. The van der Waals surface area contributed by atoms with Crippen LogP contribution in [-0.2, 0) is 10.5 Å². The molecular formula is C21H22FN7O2. The van der Waals surface area contributed by atoms with Gasteiger partial charge >= 0.3 is 0 Å². The highest BCUT2D eigenvalue weighted by Crippen LogP contribution is 2.33. The molecule has 2 saturated heterocycles. The first-order chi connectivity index (χ1) is 15.0. The standard InChI is InChI=1S/C21H22FN7O2/c1-21(7-3-9-31-21)29-17-10-13(22)5-6-16(17)27-12-24-19(18(27)20(29)30)28-11-15(25-26-28)14-4-2-8-23-14/h5-6,10-12,14,23H,2-4,7-9H2,1H3. The highest BCUT2D eigenvalue weighted by molar-refractivity contribution is 5.81. The Morgan fingerprint density at radius 1 is 1.29 bits per heavy atom. The van der Waals surface area contributed by atoms with E-state index in [2.05, 4.69) is 20.6 Å². The van der Waals surface area contributed by atoms with Crippen molar-refractivity contribution in [1.82, 2.24) is 34.3 Å². The molecule has 9 nitrogen and oxygen atoms in total. The minimum atomic E-state index is -0.853. The van der Waals surface area contributed by atoms with Crippen molar-refractivity contribution in [3.05, 3.63) is 52.6 Å². The van der Waals surface area contributed by atoms with Crippen molar-refractivity contribution in [3.8, 4) is 5.82 Å². The Hall–Kier alpha value is -3.11. The van der Waals surface area contributed by atoms with E-state index in [0.29, 0.717) is 35.4 Å². The predicted octanol–water partition coefficient (Wildman–Crippen LogP) is 2.28. The highest BCUT2D eigenvalue weighted by Gasteiger charge is 2.35. The predicted molar refractivity (Wildman–Crippen MR) is 111 cm³/mol. The van der Waals surface area contributed by atoms with Crippen molar-refractivity contribution in [2.75, 3.05) is 13.2 Å². The molecule has 10 heteroatoms. The van der Waals surface area contributed by atoms with E-state index in [4.69, 9.17) is 4.74 Å². The fourth-order valence-electron chi connectivity index (χ4n) is 4.87. The topological polar surface area (TPSA) is 91.3 Å². The van der Waals surface area contributed by atoms with Crippen LogP contribution in [0.3, 0.4) is 0 Å². The van der Waals surface area contributed by atoms with Crippen molar-refractivity contribution in [1.29, 1.82) is 0 Å². The maximum Gasteiger partial charge on any atom is 0.281 e. The molecule has 2 unspecified atom stereocenters. The van der Waals surface area contributed by atoms with Crippen LogP contribution in [0.4, 0.5) is 4.39 Å². The molecule has 31 heavy (non-hydrogen) atoms. The smallest absolute Gasteiger partial charge is 0.281 e. The molecule has 0 spiro atoms. The summed E-state index contributed by atoms with van der Waals surface area (Å²) in [5.74, 6) is -0.0183. The van der Waals surface area contributed by atoms with Gasteiger partial charge in [0.15, 0.2) is 11.3 Å². The highest BCUT2D eigenvalue weighted by atomic mass is 19.1. The number of nitrogens with zero attached hydrogens (tertiary/aromatic N) is 6. The van der Waals surface area contributed by atoms with Gasteiger partial charge in [0, 0.05) is 6.61 Å². The van der Waals surface area contributed by atoms with Crippen LogP contribution in [0.2, 0.25) is 0 Å². The number of imidazole rings is 1. The van der Waals surface area contributed by atoms with Crippen molar-refractivity contribution in [2.24, 2.45) is 0 Å². The van der Waals surface area contributed by atoms with E-state index in [9.17, 15) is 9.18 Å². The Morgan fingerprint density at radius 3 is 2.97 bits per heavy atom. The van der Waals surface area contributed by atoms with Gasteiger partial charge < -0.3 is 10.1 Å². The third kappa shape index (κ3) is 2.75. The summed E-state index contributed by atoms with van der Waals surface area (Å²) in [7, 11) is 0. The Morgan fingerprint density at radius 2 is 2.19 bits per heavy atom. The summed E-state index contributed by atoms with van der Waals surface area (Å²) in [6.07, 6.45) is 6.98. The molecule has 0 radical (unpaired) electrons. The number of halogens is 1. The third-order valence-corrected chi connectivity index (χ3v) is 6.41. The lowest BCUT2D eigenvalue weighted by atomic mass is 10.1. The van der Waals surface area contributed by atoms with Crippen LogP contribution in [-0.4, -0.2) is 42.1 Å². The van der Waals surface area contributed by atoms with Gasteiger partial charge in [0.25, 0.3) is 5.56 Å². The van der Waals surface area contributed by atoms with Gasteiger partial charge in [-0.15, -0.1) is 5.10 Å². The number of fused-ring (bicyclic) bond motifs is 3. The van der Waals surface area contributed by atoms with Crippen molar-refractivity contribution < 1.29 is 9.13 Å². The zero-order chi connectivity index (χ0) is 21.2. The minimum Gasteiger partial charge on any atom is -0.355 e. The molecule has 1 aromatic carbocycles. The molecule has 3 aromatic heterocycles. The first-order valence-electron chi connectivity index (χ1n) is 10.6.